The van der Waals surface area contributed by atoms with Crippen molar-refractivity contribution in [2.24, 2.45) is 0 Å². The van der Waals surface area contributed by atoms with Gasteiger partial charge in [0.25, 0.3) is 10.0 Å². The van der Waals surface area contributed by atoms with Gasteiger partial charge in [-0.3, -0.25) is 13.9 Å². The molecule has 0 heterocycles. The van der Waals surface area contributed by atoms with E-state index < -0.39 is 28.5 Å². The number of anilines is 1. The number of hydrogen-bond acceptors (Lipinski definition) is 4. The van der Waals surface area contributed by atoms with Gasteiger partial charge in [-0.25, -0.2) is 8.42 Å². The Hall–Kier alpha value is -4.43. The van der Waals surface area contributed by atoms with Gasteiger partial charge < -0.3 is 10.2 Å². The second kappa shape index (κ2) is 15.2. The molecule has 0 bridgehead atoms. The first-order chi connectivity index (χ1) is 21.9. The fourth-order valence-electron chi connectivity index (χ4n) is 5.34. The van der Waals surface area contributed by atoms with Crippen molar-refractivity contribution in [3.05, 3.63) is 130 Å². The van der Waals surface area contributed by atoms with Crippen LogP contribution in [-0.2, 0) is 32.6 Å². The summed E-state index contributed by atoms with van der Waals surface area (Å²) in [5, 5.41) is 3.08. The first kappa shape index (κ1) is 34.4. The van der Waals surface area contributed by atoms with Gasteiger partial charge in [0.1, 0.15) is 12.6 Å². The molecule has 2 atom stereocenters. The molecule has 0 fully saturated rings. The normalized spacial score (nSPS) is 12.7. The molecule has 1 N–H and O–H groups in total. The number of hydrogen-bond donors (Lipinski definition) is 1. The minimum absolute atomic E-state index is 0.0902. The van der Waals surface area contributed by atoms with E-state index in [0.717, 1.165) is 39.8 Å². The number of carbonyl (C=O) groups excluding carboxylic acids is 2. The van der Waals surface area contributed by atoms with Crippen molar-refractivity contribution in [2.45, 2.75) is 77.9 Å². The predicted octanol–water partition coefficient (Wildman–Crippen LogP) is 6.67. The number of aryl methyl sites for hydroxylation is 4. The second-order valence-corrected chi connectivity index (χ2v) is 14.0. The van der Waals surface area contributed by atoms with Crippen LogP contribution in [0.15, 0.2) is 102 Å². The molecule has 0 aliphatic carbocycles. The van der Waals surface area contributed by atoms with Crippen LogP contribution >= 0.6 is 0 Å². The molecule has 4 aromatic carbocycles. The summed E-state index contributed by atoms with van der Waals surface area (Å²) >= 11 is 0. The third-order valence-electron chi connectivity index (χ3n) is 8.23. The Kier molecular flexibility index (Phi) is 11.4. The summed E-state index contributed by atoms with van der Waals surface area (Å²) in [6.45, 7) is 11.2. The minimum Gasteiger partial charge on any atom is -0.352 e. The summed E-state index contributed by atoms with van der Waals surface area (Å²) < 4.78 is 29.8. The molecule has 2 amide bonds. The molecule has 0 radical (unpaired) electrons. The summed E-state index contributed by atoms with van der Waals surface area (Å²) in [5.41, 5.74) is 5.70. The highest BCUT2D eigenvalue weighted by atomic mass is 32.2. The third kappa shape index (κ3) is 8.63. The van der Waals surface area contributed by atoms with E-state index in [1.54, 1.807) is 35.2 Å². The van der Waals surface area contributed by atoms with Gasteiger partial charge in [-0.05, 0) is 81.5 Å². The van der Waals surface area contributed by atoms with Crippen LogP contribution in [0.5, 0.6) is 0 Å². The van der Waals surface area contributed by atoms with Crippen molar-refractivity contribution in [1.82, 2.24) is 10.2 Å². The van der Waals surface area contributed by atoms with E-state index in [4.69, 9.17) is 0 Å². The molecule has 0 unspecified atom stereocenters. The monoisotopic (exact) mass is 639 g/mol. The molecule has 0 aliphatic rings. The fraction of sp³-hybridized carbons (Fsp3) is 0.316. The van der Waals surface area contributed by atoms with Gasteiger partial charge in [0.05, 0.1) is 10.6 Å². The maximum absolute atomic E-state index is 14.7. The SMILES string of the molecule is CC[C@H](C)NC(=O)[C@@H](Cc1ccccc1)N(Cc1cccc(C)c1)C(=O)CN(c1cc(C)ccc1C)S(=O)(=O)c1ccc(C)cc1. The van der Waals surface area contributed by atoms with E-state index in [1.807, 2.05) is 108 Å². The molecule has 7 nitrogen and oxygen atoms in total. The summed E-state index contributed by atoms with van der Waals surface area (Å²) in [6, 6.07) is 28.6. The maximum Gasteiger partial charge on any atom is 0.264 e. The van der Waals surface area contributed by atoms with Crippen molar-refractivity contribution in [3.63, 3.8) is 0 Å². The zero-order chi connectivity index (χ0) is 33.4. The Morgan fingerprint density at radius 2 is 1.39 bits per heavy atom. The summed E-state index contributed by atoms with van der Waals surface area (Å²) in [5.74, 6) is -0.753. The van der Waals surface area contributed by atoms with Gasteiger partial charge >= 0.3 is 0 Å². The lowest BCUT2D eigenvalue weighted by atomic mass is 10.0. The lowest BCUT2D eigenvalue weighted by molar-refractivity contribution is -0.140. The Labute approximate surface area is 274 Å². The molecule has 4 aromatic rings. The van der Waals surface area contributed by atoms with Gasteiger partial charge in [-0.15, -0.1) is 0 Å². The summed E-state index contributed by atoms with van der Waals surface area (Å²) in [4.78, 5) is 30.3. The van der Waals surface area contributed by atoms with Crippen LogP contribution in [0.25, 0.3) is 0 Å². The molecule has 8 heteroatoms. The van der Waals surface area contributed by atoms with Crippen LogP contribution in [0, 0.1) is 27.7 Å². The fourth-order valence-corrected chi connectivity index (χ4v) is 6.81. The molecule has 0 saturated heterocycles. The molecular weight excluding hydrogens is 595 g/mol. The zero-order valence-corrected chi connectivity index (χ0v) is 28.5. The van der Waals surface area contributed by atoms with Crippen LogP contribution in [0.1, 0.15) is 53.6 Å². The van der Waals surface area contributed by atoms with E-state index in [2.05, 4.69) is 5.32 Å². The molecule has 4 rings (SSSR count). The highest BCUT2D eigenvalue weighted by Gasteiger charge is 2.35. The highest BCUT2D eigenvalue weighted by molar-refractivity contribution is 7.92. The van der Waals surface area contributed by atoms with Gasteiger partial charge in [0.2, 0.25) is 11.8 Å². The first-order valence-corrected chi connectivity index (χ1v) is 17.2. The average Bonchev–Trinajstić information content (AvgIpc) is 3.03. The Bertz CT molecular complexity index is 1750. The molecule has 0 spiro atoms. The van der Waals surface area contributed by atoms with Crippen LogP contribution in [-0.4, -0.2) is 43.8 Å². The molecular formula is C38H45N3O4S. The number of rotatable bonds is 13. The number of amides is 2. The van der Waals surface area contributed by atoms with Gasteiger partial charge in [0.15, 0.2) is 0 Å². The quantitative estimate of drug-likeness (QED) is 0.177. The van der Waals surface area contributed by atoms with E-state index in [1.165, 1.54) is 4.31 Å². The van der Waals surface area contributed by atoms with Crippen LogP contribution < -0.4 is 9.62 Å². The largest absolute Gasteiger partial charge is 0.352 e. The number of nitrogens with one attached hydrogen (secondary N) is 1. The zero-order valence-electron chi connectivity index (χ0n) is 27.7. The topological polar surface area (TPSA) is 86.8 Å². The van der Waals surface area contributed by atoms with Crippen molar-refractivity contribution in [3.8, 4) is 0 Å². The molecule has 0 aromatic heterocycles. The van der Waals surface area contributed by atoms with Crippen molar-refractivity contribution in [2.75, 3.05) is 10.8 Å². The predicted molar refractivity (Wildman–Crippen MR) is 185 cm³/mol. The van der Waals surface area contributed by atoms with Crippen LogP contribution in [0.2, 0.25) is 0 Å². The summed E-state index contributed by atoms with van der Waals surface area (Å²) in [7, 11) is -4.16. The molecule has 0 saturated carbocycles. The second-order valence-electron chi connectivity index (χ2n) is 12.1. The van der Waals surface area contributed by atoms with Crippen LogP contribution in [0.4, 0.5) is 5.69 Å². The van der Waals surface area contributed by atoms with Gasteiger partial charge in [-0.2, -0.15) is 0 Å². The number of sulfonamides is 1. The third-order valence-corrected chi connectivity index (χ3v) is 10.0. The van der Waals surface area contributed by atoms with E-state index in [-0.39, 0.29) is 29.8 Å². The number of carbonyl (C=O) groups is 2. The maximum atomic E-state index is 14.7. The molecule has 0 aliphatic heterocycles. The van der Waals surface area contributed by atoms with Crippen molar-refractivity contribution >= 4 is 27.5 Å². The van der Waals surface area contributed by atoms with E-state index in [9.17, 15) is 18.0 Å². The smallest absolute Gasteiger partial charge is 0.264 e. The van der Waals surface area contributed by atoms with Gasteiger partial charge in [-0.1, -0.05) is 96.9 Å². The Morgan fingerprint density at radius 1 is 0.761 bits per heavy atom. The number of benzene rings is 4. The Morgan fingerprint density at radius 3 is 2.04 bits per heavy atom. The molecule has 46 heavy (non-hydrogen) atoms. The van der Waals surface area contributed by atoms with E-state index in [0.29, 0.717) is 5.69 Å². The van der Waals surface area contributed by atoms with Crippen LogP contribution in [0.3, 0.4) is 0 Å². The lowest BCUT2D eigenvalue weighted by Crippen LogP contribution is -2.54. The summed E-state index contributed by atoms with van der Waals surface area (Å²) in [6.07, 6.45) is 1.000. The standard InChI is InChI=1S/C38H45N3O4S/c1-7-31(6)39-38(43)36(24-32-13-9-8-10-14-32)40(25-33-15-11-12-28(3)22-33)37(42)26-41(35-23-29(4)16-19-30(35)5)46(44,45)34-20-17-27(2)18-21-34/h8-23,31,36H,7,24-26H2,1-6H3,(H,39,43)/t31-,36+/m0/s1. The highest BCUT2D eigenvalue weighted by Crippen LogP contribution is 2.29. The van der Waals surface area contributed by atoms with Crippen molar-refractivity contribution in [1.29, 1.82) is 0 Å². The van der Waals surface area contributed by atoms with Gasteiger partial charge in [0, 0.05) is 19.0 Å². The first-order valence-electron chi connectivity index (χ1n) is 15.7. The van der Waals surface area contributed by atoms with E-state index >= 15 is 0 Å². The average molecular weight is 640 g/mol. The number of nitrogens with zero attached hydrogens (tertiary/aromatic N) is 2. The van der Waals surface area contributed by atoms with Crippen molar-refractivity contribution < 1.29 is 18.0 Å². The lowest BCUT2D eigenvalue weighted by Gasteiger charge is -2.34. The minimum atomic E-state index is -4.16. The molecule has 242 valence electrons. The Balaban J connectivity index is 1.84.